The zero-order chi connectivity index (χ0) is 20.8. The molecule has 1 aliphatic carbocycles. The number of carbonyl (C=O) groups is 2. The van der Waals surface area contributed by atoms with Crippen molar-refractivity contribution in [3.63, 3.8) is 0 Å². The van der Waals surface area contributed by atoms with E-state index >= 15 is 0 Å². The number of hydrogen-bond acceptors (Lipinski definition) is 5. The topological polar surface area (TPSA) is 94.3 Å². The number of rotatable bonds is 8. The Bertz CT molecular complexity index is 854. The van der Waals surface area contributed by atoms with Crippen LogP contribution in [0.25, 0.3) is 0 Å². The molecule has 3 atom stereocenters. The van der Waals surface area contributed by atoms with Crippen LogP contribution in [0.15, 0.2) is 42.5 Å². The first-order valence-electron chi connectivity index (χ1n) is 10.2. The van der Waals surface area contributed by atoms with Gasteiger partial charge in [0.25, 0.3) is 0 Å². The standard InChI is InChI=1S/C23H29N3O3/c1-15-17(10-13-22(24)25-15)9-12-21(27)16(2)26-23(28)18-8-11-20(14-18)29-19-6-4-3-5-7-19/h3-7,10,13,16,18,20H,8-9,11-12,14H2,1-2H3,(H2,24,25)(H,26,28)/t16-,18+,20+/m0/s1. The maximum Gasteiger partial charge on any atom is 0.223 e. The average molecular weight is 396 g/mol. The van der Waals surface area contributed by atoms with Gasteiger partial charge in [-0.05, 0) is 63.3 Å². The van der Waals surface area contributed by atoms with Gasteiger partial charge in [0.2, 0.25) is 5.91 Å². The number of para-hydroxylation sites is 1. The van der Waals surface area contributed by atoms with Crippen molar-refractivity contribution < 1.29 is 14.3 Å². The van der Waals surface area contributed by atoms with Crippen molar-refractivity contribution >= 4 is 17.5 Å². The number of nitrogens with zero attached hydrogens (tertiary/aromatic N) is 1. The number of nitrogens with one attached hydrogen (secondary N) is 1. The van der Waals surface area contributed by atoms with Gasteiger partial charge in [-0.15, -0.1) is 0 Å². The summed E-state index contributed by atoms with van der Waals surface area (Å²) in [7, 11) is 0. The number of ketones is 1. The highest BCUT2D eigenvalue weighted by atomic mass is 16.5. The number of ether oxygens (including phenoxy) is 1. The molecule has 29 heavy (non-hydrogen) atoms. The highest BCUT2D eigenvalue weighted by Crippen LogP contribution is 2.29. The fourth-order valence-electron chi connectivity index (χ4n) is 3.74. The summed E-state index contributed by atoms with van der Waals surface area (Å²) in [5, 5.41) is 2.89. The number of nitrogen functional groups attached to an aromatic ring is 1. The van der Waals surface area contributed by atoms with Gasteiger partial charge in [0.05, 0.1) is 12.1 Å². The third-order valence-electron chi connectivity index (χ3n) is 5.50. The molecular weight excluding hydrogens is 366 g/mol. The predicted octanol–water partition coefficient (Wildman–Crippen LogP) is 3.23. The lowest BCUT2D eigenvalue weighted by molar-refractivity contribution is -0.129. The predicted molar refractivity (Wildman–Crippen MR) is 113 cm³/mol. The molecule has 1 aliphatic rings. The lowest BCUT2D eigenvalue weighted by Gasteiger charge is -2.17. The summed E-state index contributed by atoms with van der Waals surface area (Å²) in [5.41, 5.74) is 7.51. The minimum absolute atomic E-state index is 0.0182. The Hall–Kier alpha value is -2.89. The van der Waals surface area contributed by atoms with Crippen LogP contribution in [-0.2, 0) is 16.0 Å². The molecule has 1 aromatic heterocycles. The van der Waals surface area contributed by atoms with Crippen LogP contribution in [0.4, 0.5) is 5.82 Å². The van der Waals surface area contributed by atoms with Crippen LogP contribution in [0.1, 0.15) is 43.9 Å². The number of amides is 1. The van der Waals surface area contributed by atoms with Crippen LogP contribution < -0.4 is 15.8 Å². The molecule has 1 heterocycles. The van der Waals surface area contributed by atoms with Crippen molar-refractivity contribution in [2.24, 2.45) is 5.92 Å². The molecule has 3 rings (SSSR count). The first-order chi connectivity index (χ1) is 13.9. The number of nitrogens with two attached hydrogens (primary N) is 1. The summed E-state index contributed by atoms with van der Waals surface area (Å²) in [6.45, 7) is 3.64. The number of aromatic nitrogens is 1. The molecule has 1 fully saturated rings. The maximum atomic E-state index is 12.6. The quantitative estimate of drug-likeness (QED) is 0.716. The summed E-state index contributed by atoms with van der Waals surface area (Å²) in [6, 6.07) is 12.8. The number of carbonyl (C=O) groups excluding carboxylic acids is 2. The van der Waals surface area contributed by atoms with E-state index in [1.54, 1.807) is 13.0 Å². The smallest absolute Gasteiger partial charge is 0.223 e. The highest BCUT2D eigenvalue weighted by molar-refractivity contribution is 5.89. The SMILES string of the molecule is Cc1nc(N)ccc1CCC(=O)[C@H](C)NC(=O)[C@@H]1CC[C@@H](Oc2ccccc2)C1. The molecule has 2 aromatic rings. The molecule has 6 heteroatoms. The summed E-state index contributed by atoms with van der Waals surface area (Å²) < 4.78 is 5.95. The van der Waals surface area contributed by atoms with Crippen molar-refractivity contribution in [2.75, 3.05) is 5.73 Å². The fourth-order valence-corrected chi connectivity index (χ4v) is 3.74. The first kappa shape index (κ1) is 20.8. The Labute approximate surface area is 171 Å². The normalized spacial score (nSPS) is 19.5. The van der Waals surface area contributed by atoms with Gasteiger partial charge in [-0.25, -0.2) is 4.98 Å². The van der Waals surface area contributed by atoms with E-state index in [0.29, 0.717) is 25.1 Å². The van der Waals surface area contributed by atoms with Crippen molar-refractivity contribution in [2.45, 2.75) is 58.1 Å². The largest absolute Gasteiger partial charge is 0.490 e. The monoisotopic (exact) mass is 395 g/mol. The molecule has 0 spiro atoms. The molecule has 0 bridgehead atoms. The van der Waals surface area contributed by atoms with Gasteiger partial charge in [-0.3, -0.25) is 9.59 Å². The van der Waals surface area contributed by atoms with E-state index < -0.39 is 6.04 Å². The second kappa shape index (κ2) is 9.54. The maximum absolute atomic E-state index is 12.6. The molecule has 0 aliphatic heterocycles. The molecule has 0 saturated heterocycles. The molecule has 0 unspecified atom stereocenters. The van der Waals surface area contributed by atoms with E-state index in [4.69, 9.17) is 10.5 Å². The Morgan fingerprint density at radius 2 is 1.97 bits per heavy atom. The average Bonchev–Trinajstić information content (AvgIpc) is 3.16. The molecule has 3 N–H and O–H groups in total. The second-order valence-corrected chi connectivity index (χ2v) is 7.74. The zero-order valence-electron chi connectivity index (χ0n) is 17.1. The van der Waals surface area contributed by atoms with Crippen molar-refractivity contribution in [1.29, 1.82) is 0 Å². The van der Waals surface area contributed by atoms with Crippen LogP contribution in [0, 0.1) is 12.8 Å². The van der Waals surface area contributed by atoms with Gasteiger partial charge in [-0.2, -0.15) is 0 Å². The summed E-state index contributed by atoms with van der Waals surface area (Å²) in [6.07, 6.45) is 3.30. The lowest BCUT2D eigenvalue weighted by Crippen LogP contribution is -2.41. The third kappa shape index (κ3) is 5.79. The minimum atomic E-state index is -0.501. The van der Waals surface area contributed by atoms with E-state index in [1.165, 1.54) is 0 Å². The molecular formula is C23H29N3O3. The molecule has 6 nitrogen and oxygen atoms in total. The van der Waals surface area contributed by atoms with Crippen LogP contribution in [-0.4, -0.2) is 28.8 Å². The van der Waals surface area contributed by atoms with E-state index in [2.05, 4.69) is 10.3 Å². The zero-order valence-corrected chi connectivity index (χ0v) is 17.1. The Balaban J connectivity index is 1.44. The van der Waals surface area contributed by atoms with Gasteiger partial charge < -0.3 is 15.8 Å². The molecule has 1 amide bonds. The first-order valence-corrected chi connectivity index (χ1v) is 10.2. The van der Waals surface area contributed by atoms with Gasteiger partial charge in [0.1, 0.15) is 11.6 Å². The molecule has 1 aromatic carbocycles. The number of hydrogen-bond donors (Lipinski definition) is 2. The Morgan fingerprint density at radius 1 is 1.21 bits per heavy atom. The highest BCUT2D eigenvalue weighted by Gasteiger charge is 2.32. The fraction of sp³-hybridized carbons (Fsp3) is 0.435. The van der Waals surface area contributed by atoms with Crippen LogP contribution in [0.3, 0.4) is 0 Å². The summed E-state index contributed by atoms with van der Waals surface area (Å²) >= 11 is 0. The van der Waals surface area contributed by atoms with E-state index in [-0.39, 0.29) is 23.7 Å². The Kier molecular flexibility index (Phi) is 6.86. The number of anilines is 1. The number of benzene rings is 1. The van der Waals surface area contributed by atoms with Crippen molar-refractivity contribution in [3.05, 3.63) is 53.7 Å². The van der Waals surface area contributed by atoms with E-state index in [0.717, 1.165) is 29.8 Å². The van der Waals surface area contributed by atoms with E-state index in [1.807, 2.05) is 43.3 Å². The van der Waals surface area contributed by atoms with Crippen molar-refractivity contribution in [3.8, 4) is 5.75 Å². The van der Waals surface area contributed by atoms with Gasteiger partial charge in [-0.1, -0.05) is 24.3 Å². The van der Waals surface area contributed by atoms with Gasteiger partial charge in [0.15, 0.2) is 5.78 Å². The van der Waals surface area contributed by atoms with Gasteiger partial charge in [0, 0.05) is 18.0 Å². The Morgan fingerprint density at radius 3 is 2.69 bits per heavy atom. The van der Waals surface area contributed by atoms with Crippen LogP contribution in [0.5, 0.6) is 5.75 Å². The minimum Gasteiger partial charge on any atom is -0.490 e. The number of aryl methyl sites for hydroxylation is 2. The summed E-state index contributed by atoms with van der Waals surface area (Å²) in [4.78, 5) is 29.3. The molecule has 1 saturated carbocycles. The van der Waals surface area contributed by atoms with E-state index in [9.17, 15) is 9.59 Å². The van der Waals surface area contributed by atoms with Crippen LogP contribution in [0.2, 0.25) is 0 Å². The lowest BCUT2D eigenvalue weighted by atomic mass is 10.0. The van der Waals surface area contributed by atoms with Gasteiger partial charge >= 0.3 is 0 Å². The van der Waals surface area contributed by atoms with Crippen molar-refractivity contribution in [1.82, 2.24) is 10.3 Å². The molecule has 0 radical (unpaired) electrons. The number of Topliss-reactive ketones (excluding diaryl/α,β-unsaturated/α-hetero) is 1. The third-order valence-corrected chi connectivity index (χ3v) is 5.50. The number of pyridine rings is 1. The second-order valence-electron chi connectivity index (χ2n) is 7.74. The summed E-state index contributed by atoms with van der Waals surface area (Å²) in [5.74, 6) is 1.15. The molecule has 154 valence electrons. The van der Waals surface area contributed by atoms with Crippen LogP contribution >= 0.6 is 0 Å².